The van der Waals surface area contributed by atoms with Crippen molar-refractivity contribution in [3.8, 4) is 0 Å². The molecule has 1 fully saturated rings. The van der Waals surface area contributed by atoms with E-state index in [9.17, 15) is 0 Å². The monoisotopic (exact) mass is 250 g/mol. The molecule has 0 aliphatic heterocycles. The van der Waals surface area contributed by atoms with Crippen LogP contribution < -0.4 is 5.32 Å². The van der Waals surface area contributed by atoms with Crippen LogP contribution in [0.15, 0.2) is 12.4 Å². The van der Waals surface area contributed by atoms with E-state index in [2.05, 4.69) is 42.3 Å². The molecule has 4 nitrogen and oxygen atoms in total. The maximum absolute atomic E-state index is 4.41. The largest absolute Gasteiger partial charge is 0.380 e. The Hall–Kier alpha value is -1.03. The molecular formula is C14H26N4. The van der Waals surface area contributed by atoms with Crippen LogP contribution in [0.3, 0.4) is 0 Å². The van der Waals surface area contributed by atoms with Gasteiger partial charge in [0.2, 0.25) is 0 Å². The van der Waals surface area contributed by atoms with Crippen molar-refractivity contribution in [2.24, 2.45) is 5.92 Å². The highest BCUT2D eigenvalue weighted by molar-refractivity contribution is 5.39. The summed E-state index contributed by atoms with van der Waals surface area (Å²) in [7, 11) is 0. The number of likely N-dealkylation sites (N-methyl/N-ethyl adjacent to an activating group) is 1. The molecule has 4 heteroatoms. The van der Waals surface area contributed by atoms with E-state index in [0.29, 0.717) is 6.04 Å². The molecule has 0 saturated heterocycles. The molecule has 1 aromatic heterocycles. The van der Waals surface area contributed by atoms with Gasteiger partial charge in [0.25, 0.3) is 0 Å². The van der Waals surface area contributed by atoms with Crippen LogP contribution in [0.1, 0.15) is 33.6 Å². The third-order valence-corrected chi connectivity index (χ3v) is 3.92. The van der Waals surface area contributed by atoms with Gasteiger partial charge in [0, 0.05) is 18.8 Å². The van der Waals surface area contributed by atoms with Gasteiger partial charge in [0.15, 0.2) is 0 Å². The Kier molecular flexibility index (Phi) is 4.64. The second kappa shape index (κ2) is 6.23. The molecule has 0 unspecified atom stereocenters. The number of hydrogen-bond acceptors (Lipinski definition) is 3. The molecule has 102 valence electrons. The van der Waals surface area contributed by atoms with Crippen molar-refractivity contribution in [2.75, 3.05) is 25.0 Å². The summed E-state index contributed by atoms with van der Waals surface area (Å²) in [6, 6.07) is 0.667. The average molecular weight is 250 g/mol. The quantitative estimate of drug-likeness (QED) is 0.807. The van der Waals surface area contributed by atoms with Gasteiger partial charge >= 0.3 is 0 Å². The van der Waals surface area contributed by atoms with Crippen molar-refractivity contribution in [3.63, 3.8) is 0 Å². The maximum atomic E-state index is 4.41. The molecule has 0 atom stereocenters. The summed E-state index contributed by atoms with van der Waals surface area (Å²) in [4.78, 5) is 2.42. The third kappa shape index (κ3) is 3.48. The molecule has 1 heterocycles. The van der Waals surface area contributed by atoms with Crippen LogP contribution in [0.2, 0.25) is 0 Å². The Bertz CT molecular complexity index is 350. The number of nitrogens with zero attached hydrogens (tertiary/aromatic N) is 3. The van der Waals surface area contributed by atoms with Crippen molar-refractivity contribution in [1.82, 2.24) is 14.7 Å². The SMILES string of the molecule is CCN(CC)CCn1cc(NC2CC(C)C2)cn1. The van der Waals surface area contributed by atoms with E-state index in [4.69, 9.17) is 0 Å². The van der Waals surface area contributed by atoms with Crippen LogP contribution in [-0.2, 0) is 6.54 Å². The molecule has 1 saturated carbocycles. The normalized spacial score (nSPS) is 23.1. The van der Waals surface area contributed by atoms with Gasteiger partial charge in [-0.05, 0) is 31.8 Å². The van der Waals surface area contributed by atoms with Gasteiger partial charge < -0.3 is 10.2 Å². The van der Waals surface area contributed by atoms with E-state index in [-0.39, 0.29) is 0 Å². The van der Waals surface area contributed by atoms with Gasteiger partial charge in [-0.15, -0.1) is 0 Å². The van der Waals surface area contributed by atoms with Gasteiger partial charge in [-0.1, -0.05) is 20.8 Å². The zero-order chi connectivity index (χ0) is 13.0. The van der Waals surface area contributed by atoms with E-state index < -0.39 is 0 Å². The molecule has 1 aliphatic carbocycles. The zero-order valence-electron chi connectivity index (χ0n) is 11.9. The highest BCUT2D eigenvalue weighted by Gasteiger charge is 2.25. The molecule has 0 radical (unpaired) electrons. The fraction of sp³-hybridized carbons (Fsp3) is 0.786. The molecule has 2 rings (SSSR count). The minimum Gasteiger partial charge on any atom is -0.380 e. The zero-order valence-corrected chi connectivity index (χ0v) is 11.9. The summed E-state index contributed by atoms with van der Waals surface area (Å²) in [6.07, 6.45) is 6.67. The third-order valence-electron chi connectivity index (χ3n) is 3.92. The van der Waals surface area contributed by atoms with E-state index in [1.165, 1.54) is 18.5 Å². The number of nitrogens with one attached hydrogen (secondary N) is 1. The smallest absolute Gasteiger partial charge is 0.0728 e. The van der Waals surface area contributed by atoms with E-state index in [1.807, 2.05) is 10.9 Å². The van der Waals surface area contributed by atoms with Crippen LogP contribution in [0, 0.1) is 5.92 Å². The summed E-state index contributed by atoms with van der Waals surface area (Å²) in [5.41, 5.74) is 1.17. The molecule has 1 aromatic rings. The van der Waals surface area contributed by atoms with E-state index in [1.54, 1.807) is 0 Å². The lowest BCUT2D eigenvalue weighted by atomic mass is 9.82. The molecule has 0 bridgehead atoms. The van der Waals surface area contributed by atoms with Gasteiger partial charge in [-0.25, -0.2) is 0 Å². The second-order valence-electron chi connectivity index (χ2n) is 5.44. The van der Waals surface area contributed by atoms with Gasteiger partial charge in [-0.3, -0.25) is 4.68 Å². The standard InChI is InChI=1S/C14H26N4/c1-4-17(5-2)6-7-18-11-14(10-15-18)16-13-8-12(3)9-13/h10-13,16H,4-9H2,1-3H3. The first kappa shape index (κ1) is 13.4. The first-order valence-corrected chi connectivity index (χ1v) is 7.22. The summed E-state index contributed by atoms with van der Waals surface area (Å²) >= 11 is 0. The summed E-state index contributed by atoms with van der Waals surface area (Å²) in [5.74, 6) is 0.889. The van der Waals surface area contributed by atoms with Crippen molar-refractivity contribution >= 4 is 5.69 Å². The fourth-order valence-electron chi connectivity index (χ4n) is 2.60. The molecule has 0 amide bonds. The summed E-state index contributed by atoms with van der Waals surface area (Å²) in [5, 5.41) is 7.96. The van der Waals surface area contributed by atoms with Crippen LogP contribution in [0.5, 0.6) is 0 Å². The lowest BCUT2D eigenvalue weighted by molar-refractivity contribution is 0.285. The molecule has 0 spiro atoms. The topological polar surface area (TPSA) is 33.1 Å². The Morgan fingerprint density at radius 2 is 2.11 bits per heavy atom. The molecule has 18 heavy (non-hydrogen) atoms. The number of anilines is 1. The average Bonchev–Trinajstić information content (AvgIpc) is 2.76. The molecule has 1 aliphatic rings. The van der Waals surface area contributed by atoms with Crippen LogP contribution in [0.25, 0.3) is 0 Å². The lowest BCUT2D eigenvalue weighted by Crippen LogP contribution is -2.33. The lowest BCUT2D eigenvalue weighted by Gasteiger charge is -2.33. The van der Waals surface area contributed by atoms with Crippen molar-refractivity contribution in [3.05, 3.63) is 12.4 Å². The highest BCUT2D eigenvalue weighted by atomic mass is 15.3. The van der Waals surface area contributed by atoms with Gasteiger partial charge in [-0.2, -0.15) is 5.10 Å². The second-order valence-corrected chi connectivity index (χ2v) is 5.44. The number of aromatic nitrogens is 2. The first-order valence-electron chi connectivity index (χ1n) is 7.22. The predicted octanol–water partition coefficient (Wildman–Crippen LogP) is 2.44. The molecular weight excluding hydrogens is 224 g/mol. The van der Waals surface area contributed by atoms with E-state index in [0.717, 1.165) is 32.1 Å². The van der Waals surface area contributed by atoms with Crippen molar-refractivity contribution in [1.29, 1.82) is 0 Å². The van der Waals surface area contributed by atoms with Gasteiger partial charge in [0.05, 0.1) is 18.4 Å². The fourth-order valence-corrected chi connectivity index (χ4v) is 2.60. The maximum Gasteiger partial charge on any atom is 0.0728 e. The van der Waals surface area contributed by atoms with Crippen molar-refractivity contribution in [2.45, 2.75) is 46.2 Å². The van der Waals surface area contributed by atoms with Crippen LogP contribution in [0.4, 0.5) is 5.69 Å². The molecule has 1 N–H and O–H groups in total. The highest BCUT2D eigenvalue weighted by Crippen LogP contribution is 2.29. The van der Waals surface area contributed by atoms with Crippen molar-refractivity contribution < 1.29 is 0 Å². The van der Waals surface area contributed by atoms with Crippen LogP contribution in [-0.4, -0.2) is 40.4 Å². The number of rotatable bonds is 7. The van der Waals surface area contributed by atoms with E-state index >= 15 is 0 Å². The Morgan fingerprint density at radius 1 is 1.39 bits per heavy atom. The summed E-state index contributed by atoms with van der Waals surface area (Å²) < 4.78 is 2.04. The molecule has 0 aromatic carbocycles. The van der Waals surface area contributed by atoms with Crippen LogP contribution >= 0.6 is 0 Å². The van der Waals surface area contributed by atoms with Gasteiger partial charge in [0.1, 0.15) is 0 Å². The minimum atomic E-state index is 0.667. The summed E-state index contributed by atoms with van der Waals surface area (Å²) in [6.45, 7) is 11.0. The number of hydrogen-bond donors (Lipinski definition) is 1. The first-order chi connectivity index (χ1) is 8.71. The Labute approximate surface area is 110 Å². The Morgan fingerprint density at radius 3 is 2.72 bits per heavy atom. The Balaban J connectivity index is 1.75. The predicted molar refractivity (Wildman–Crippen MR) is 75.8 cm³/mol. The minimum absolute atomic E-state index is 0.667.